The fourth-order valence-corrected chi connectivity index (χ4v) is 4.23. The predicted molar refractivity (Wildman–Crippen MR) is 105 cm³/mol. The molecule has 1 aliphatic carbocycles. The number of amides is 1. The second-order valence-corrected chi connectivity index (χ2v) is 8.16. The van der Waals surface area contributed by atoms with Gasteiger partial charge in [-0.2, -0.15) is 4.98 Å². The van der Waals surface area contributed by atoms with E-state index >= 15 is 0 Å². The van der Waals surface area contributed by atoms with Crippen molar-refractivity contribution in [3.8, 4) is 0 Å². The van der Waals surface area contributed by atoms with E-state index in [1.54, 1.807) is 12.1 Å². The summed E-state index contributed by atoms with van der Waals surface area (Å²) in [6, 6.07) is 6.08. The first-order valence-electron chi connectivity index (χ1n) is 9.70. The number of fused-ring (bicyclic) bond motifs is 1. The molecule has 28 heavy (non-hydrogen) atoms. The summed E-state index contributed by atoms with van der Waals surface area (Å²) < 4.78 is 10.6. The molecular formula is C20H24ClN3O4. The molecule has 1 aromatic carbocycles. The second kappa shape index (κ2) is 7.99. The van der Waals surface area contributed by atoms with E-state index in [1.807, 2.05) is 6.07 Å². The van der Waals surface area contributed by atoms with Gasteiger partial charge in [0.2, 0.25) is 5.91 Å². The summed E-state index contributed by atoms with van der Waals surface area (Å²) in [5.41, 5.74) is 1.46. The Hall–Kier alpha value is -2.28. The van der Waals surface area contributed by atoms with Crippen LogP contribution < -0.4 is 10.2 Å². The highest BCUT2D eigenvalue weighted by Crippen LogP contribution is 2.30. The van der Waals surface area contributed by atoms with Gasteiger partial charge in [0.1, 0.15) is 5.52 Å². The number of hydrogen-bond donors (Lipinski definition) is 1. The van der Waals surface area contributed by atoms with Crippen LogP contribution in [0.2, 0.25) is 5.02 Å². The lowest BCUT2D eigenvalue weighted by Crippen LogP contribution is -2.48. The molecule has 1 aromatic heterocycles. The molecule has 1 saturated carbocycles. The molecule has 1 unspecified atom stereocenters. The van der Waals surface area contributed by atoms with Crippen molar-refractivity contribution < 1.29 is 18.7 Å². The molecule has 1 N–H and O–H groups in total. The first-order valence-corrected chi connectivity index (χ1v) is 10.1. The number of oxazole rings is 1. The third kappa shape index (κ3) is 4.09. The van der Waals surface area contributed by atoms with Crippen LogP contribution in [0.1, 0.15) is 32.1 Å². The summed E-state index contributed by atoms with van der Waals surface area (Å²) in [6.45, 7) is 1.60. The smallest absolute Gasteiger partial charge is 0.308 e. The Bertz CT molecular complexity index is 877. The molecule has 2 heterocycles. The van der Waals surface area contributed by atoms with Crippen molar-refractivity contribution in [2.75, 3.05) is 25.1 Å². The summed E-state index contributed by atoms with van der Waals surface area (Å²) in [5.74, 6) is 0.0366. The largest absolute Gasteiger partial charge is 0.469 e. The molecule has 150 valence electrons. The number of nitrogens with zero attached hydrogens (tertiary/aromatic N) is 2. The van der Waals surface area contributed by atoms with Crippen LogP contribution >= 0.6 is 11.6 Å². The summed E-state index contributed by atoms with van der Waals surface area (Å²) in [6.07, 6.45) is 3.81. The van der Waals surface area contributed by atoms with Gasteiger partial charge in [-0.25, -0.2) is 0 Å². The van der Waals surface area contributed by atoms with Crippen LogP contribution in [-0.4, -0.2) is 43.1 Å². The topological polar surface area (TPSA) is 84.7 Å². The zero-order valence-electron chi connectivity index (χ0n) is 15.8. The van der Waals surface area contributed by atoms with Gasteiger partial charge in [0.25, 0.3) is 6.01 Å². The third-order valence-electron chi connectivity index (χ3n) is 5.64. The van der Waals surface area contributed by atoms with Gasteiger partial charge < -0.3 is 19.4 Å². The number of carbonyl (C=O) groups excluding carboxylic acids is 2. The van der Waals surface area contributed by atoms with Gasteiger partial charge in [-0.3, -0.25) is 9.59 Å². The number of nitrogens with one attached hydrogen (secondary N) is 1. The first-order chi connectivity index (χ1) is 13.5. The zero-order chi connectivity index (χ0) is 19.7. The number of hydrogen-bond acceptors (Lipinski definition) is 6. The van der Waals surface area contributed by atoms with Crippen molar-refractivity contribution in [3.63, 3.8) is 0 Å². The highest BCUT2D eigenvalue weighted by Gasteiger charge is 2.36. The Labute approximate surface area is 168 Å². The number of anilines is 1. The molecule has 2 aliphatic rings. The maximum absolute atomic E-state index is 12.4. The molecular weight excluding hydrogens is 382 g/mol. The molecule has 1 amide bonds. The van der Waals surface area contributed by atoms with Gasteiger partial charge in [-0.1, -0.05) is 11.6 Å². The van der Waals surface area contributed by atoms with Crippen molar-refractivity contribution in [1.82, 2.24) is 10.3 Å². The van der Waals surface area contributed by atoms with Crippen LogP contribution in [0.4, 0.5) is 6.01 Å². The summed E-state index contributed by atoms with van der Waals surface area (Å²) in [5, 5.41) is 3.66. The van der Waals surface area contributed by atoms with Crippen LogP contribution in [0, 0.1) is 11.8 Å². The monoisotopic (exact) mass is 405 g/mol. The molecule has 7 nitrogen and oxygen atoms in total. The number of piperidine rings is 1. The molecule has 8 heteroatoms. The Morgan fingerprint density at radius 2 is 2.21 bits per heavy atom. The summed E-state index contributed by atoms with van der Waals surface area (Å²) in [7, 11) is 1.40. The van der Waals surface area contributed by atoms with E-state index in [1.165, 1.54) is 7.11 Å². The van der Waals surface area contributed by atoms with Crippen molar-refractivity contribution in [2.45, 2.75) is 38.1 Å². The molecule has 1 aliphatic heterocycles. The maximum atomic E-state index is 12.4. The zero-order valence-corrected chi connectivity index (χ0v) is 16.6. The van der Waals surface area contributed by atoms with Gasteiger partial charge >= 0.3 is 5.97 Å². The lowest BCUT2D eigenvalue weighted by molar-refractivity contribution is -0.149. The molecule has 2 aromatic rings. The van der Waals surface area contributed by atoms with E-state index in [0.717, 1.165) is 31.4 Å². The summed E-state index contributed by atoms with van der Waals surface area (Å²) in [4.78, 5) is 30.5. The lowest BCUT2D eigenvalue weighted by atomic mass is 9.80. The standard InChI is InChI=1S/C20H24ClN3O4/c1-27-19(26)13-8-15(9-13)22-18(25)7-12-3-2-6-24(11-12)20-23-16-5-4-14(21)10-17(16)28-20/h4-5,10,12-13,15H,2-3,6-9,11H2,1H3,(H,22,25). The Kier molecular flexibility index (Phi) is 5.44. The van der Waals surface area contributed by atoms with Crippen molar-refractivity contribution in [1.29, 1.82) is 0 Å². The number of benzene rings is 1. The quantitative estimate of drug-likeness (QED) is 0.769. The van der Waals surface area contributed by atoms with Crippen molar-refractivity contribution in [3.05, 3.63) is 23.2 Å². The van der Waals surface area contributed by atoms with Crippen LogP contribution in [-0.2, 0) is 14.3 Å². The molecule has 0 spiro atoms. The van der Waals surface area contributed by atoms with Gasteiger partial charge in [0, 0.05) is 36.6 Å². The highest BCUT2D eigenvalue weighted by molar-refractivity contribution is 6.31. The normalized spacial score (nSPS) is 24.6. The maximum Gasteiger partial charge on any atom is 0.308 e. The van der Waals surface area contributed by atoms with E-state index in [0.29, 0.717) is 35.9 Å². The predicted octanol–water partition coefficient (Wildman–Crippen LogP) is 3.16. The van der Waals surface area contributed by atoms with E-state index in [-0.39, 0.29) is 29.8 Å². The number of halogens is 1. The Balaban J connectivity index is 1.30. The number of rotatable bonds is 5. The second-order valence-electron chi connectivity index (χ2n) is 7.72. The van der Waals surface area contributed by atoms with E-state index in [2.05, 4.69) is 15.2 Å². The minimum atomic E-state index is -0.187. The van der Waals surface area contributed by atoms with Crippen molar-refractivity contribution >= 4 is 40.6 Å². The minimum absolute atomic E-state index is 0.0458. The first kappa shape index (κ1) is 19.1. The molecule has 2 fully saturated rings. The molecule has 1 saturated heterocycles. The molecule has 0 bridgehead atoms. The fraction of sp³-hybridized carbons (Fsp3) is 0.550. The number of methoxy groups -OCH3 is 1. The van der Waals surface area contributed by atoms with Gasteiger partial charge in [0.15, 0.2) is 5.58 Å². The van der Waals surface area contributed by atoms with E-state index in [4.69, 9.17) is 20.8 Å². The lowest BCUT2D eigenvalue weighted by Gasteiger charge is -2.35. The molecule has 4 rings (SSSR count). The number of aromatic nitrogens is 1. The van der Waals surface area contributed by atoms with E-state index < -0.39 is 0 Å². The SMILES string of the molecule is COC(=O)C1CC(NC(=O)CC2CCCN(c3nc4ccc(Cl)cc4o3)C2)C1. The number of carbonyl (C=O) groups is 2. The number of ether oxygens (including phenoxy) is 1. The Morgan fingerprint density at radius 3 is 3.00 bits per heavy atom. The minimum Gasteiger partial charge on any atom is -0.469 e. The van der Waals surface area contributed by atoms with Crippen LogP contribution in [0.15, 0.2) is 22.6 Å². The van der Waals surface area contributed by atoms with Gasteiger partial charge in [-0.15, -0.1) is 0 Å². The van der Waals surface area contributed by atoms with Gasteiger partial charge in [-0.05, 0) is 43.7 Å². The van der Waals surface area contributed by atoms with Gasteiger partial charge in [0.05, 0.1) is 13.0 Å². The summed E-state index contributed by atoms with van der Waals surface area (Å²) >= 11 is 6.02. The van der Waals surface area contributed by atoms with Crippen LogP contribution in [0.3, 0.4) is 0 Å². The third-order valence-corrected chi connectivity index (χ3v) is 5.88. The number of esters is 1. The van der Waals surface area contributed by atoms with Crippen LogP contribution in [0.25, 0.3) is 11.1 Å². The van der Waals surface area contributed by atoms with E-state index in [9.17, 15) is 9.59 Å². The molecule has 0 radical (unpaired) electrons. The average molecular weight is 406 g/mol. The molecule has 1 atom stereocenters. The van der Waals surface area contributed by atoms with Crippen LogP contribution in [0.5, 0.6) is 0 Å². The highest BCUT2D eigenvalue weighted by atomic mass is 35.5. The fourth-order valence-electron chi connectivity index (χ4n) is 4.07. The average Bonchev–Trinajstić information content (AvgIpc) is 3.07. The van der Waals surface area contributed by atoms with Crippen molar-refractivity contribution in [2.24, 2.45) is 11.8 Å². The Morgan fingerprint density at radius 1 is 1.39 bits per heavy atom.